The first kappa shape index (κ1) is 19.2. The molecule has 0 aromatic heterocycles. The Balaban J connectivity index is 1.86. The van der Waals surface area contributed by atoms with Crippen molar-refractivity contribution in [2.45, 2.75) is 70.6 Å². The second-order valence-electron chi connectivity index (χ2n) is 5.86. The number of rotatable bonds is 13. The van der Waals surface area contributed by atoms with Gasteiger partial charge in [-0.1, -0.05) is 63.1 Å². The van der Waals surface area contributed by atoms with Gasteiger partial charge in [0.05, 0.1) is 0 Å². The van der Waals surface area contributed by atoms with Crippen LogP contribution in [0.2, 0.25) is 0 Å². The number of para-hydroxylation sites is 1. The quantitative estimate of drug-likeness (QED) is 0.317. The molecule has 0 fully saturated rings. The molecule has 4 heteroatoms. The molecule has 0 saturated heterocycles. The van der Waals surface area contributed by atoms with E-state index in [0.717, 1.165) is 38.5 Å². The number of carbonyl (C=O) groups is 2. The number of unbranched alkanes of at least 4 members (excludes halogenated alkanes) is 8. The van der Waals surface area contributed by atoms with Crippen LogP contribution in [0, 0.1) is 0 Å². The molecular formula is C19H28O4. The van der Waals surface area contributed by atoms with Crippen LogP contribution < -0.4 is 4.74 Å². The molecule has 0 atom stereocenters. The molecule has 0 aliphatic rings. The van der Waals surface area contributed by atoms with E-state index >= 15 is 0 Å². The minimum Gasteiger partial charge on any atom is -0.481 e. The van der Waals surface area contributed by atoms with Crippen molar-refractivity contribution in [2.75, 3.05) is 0 Å². The Morgan fingerprint density at radius 2 is 1.22 bits per heavy atom. The van der Waals surface area contributed by atoms with Crippen molar-refractivity contribution < 1.29 is 19.4 Å². The molecule has 1 aromatic rings. The fourth-order valence-corrected chi connectivity index (χ4v) is 2.45. The average Bonchev–Trinajstić information content (AvgIpc) is 2.53. The zero-order valence-electron chi connectivity index (χ0n) is 13.8. The van der Waals surface area contributed by atoms with Crippen molar-refractivity contribution in [3.63, 3.8) is 0 Å². The molecule has 1 aromatic carbocycles. The van der Waals surface area contributed by atoms with Gasteiger partial charge in [0, 0.05) is 12.8 Å². The number of hydrogen-bond acceptors (Lipinski definition) is 3. The van der Waals surface area contributed by atoms with Crippen molar-refractivity contribution in [1.82, 2.24) is 0 Å². The van der Waals surface area contributed by atoms with Crippen LogP contribution in [-0.4, -0.2) is 17.0 Å². The van der Waals surface area contributed by atoms with Crippen molar-refractivity contribution in [3.05, 3.63) is 30.3 Å². The van der Waals surface area contributed by atoms with E-state index in [9.17, 15) is 9.59 Å². The summed E-state index contributed by atoms with van der Waals surface area (Å²) in [6, 6.07) is 9.17. The number of hydrogen-bond donors (Lipinski definition) is 1. The van der Waals surface area contributed by atoms with E-state index < -0.39 is 5.97 Å². The SMILES string of the molecule is O=C(O)CCCCCCCCCCCC(=O)Oc1ccccc1. The summed E-state index contributed by atoms with van der Waals surface area (Å²) < 4.78 is 5.23. The molecule has 4 nitrogen and oxygen atoms in total. The highest BCUT2D eigenvalue weighted by Gasteiger charge is 2.04. The van der Waals surface area contributed by atoms with Gasteiger partial charge in [0.15, 0.2) is 0 Å². The highest BCUT2D eigenvalue weighted by molar-refractivity contribution is 5.72. The van der Waals surface area contributed by atoms with E-state index in [1.807, 2.05) is 18.2 Å². The maximum absolute atomic E-state index is 11.6. The third kappa shape index (κ3) is 11.4. The van der Waals surface area contributed by atoms with Crippen LogP contribution in [0.15, 0.2) is 30.3 Å². The van der Waals surface area contributed by atoms with Crippen LogP contribution in [0.4, 0.5) is 0 Å². The van der Waals surface area contributed by atoms with Crippen LogP contribution in [0.25, 0.3) is 0 Å². The molecule has 23 heavy (non-hydrogen) atoms. The number of benzene rings is 1. The van der Waals surface area contributed by atoms with Crippen LogP contribution in [0.3, 0.4) is 0 Å². The van der Waals surface area contributed by atoms with Gasteiger partial charge in [0.1, 0.15) is 5.75 Å². The number of carboxylic acids is 1. The molecule has 0 aliphatic carbocycles. The number of ether oxygens (including phenoxy) is 1. The second-order valence-corrected chi connectivity index (χ2v) is 5.86. The third-order valence-electron chi connectivity index (χ3n) is 3.75. The van der Waals surface area contributed by atoms with Gasteiger partial charge >= 0.3 is 11.9 Å². The van der Waals surface area contributed by atoms with Crippen LogP contribution >= 0.6 is 0 Å². The van der Waals surface area contributed by atoms with Gasteiger partial charge in [-0.15, -0.1) is 0 Å². The molecule has 128 valence electrons. The predicted octanol–water partition coefficient (Wildman–Crippen LogP) is 4.97. The highest BCUT2D eigenvalue weighted by Crippen LogP contribution is 2.13. The van der Waals surface area contributed by atoms with Crippen LogP contribution in [-0.2, 0) is 9.59 Å². The van der Waals surface area contributed by atoms with Gasteiger partial charge in [0.25, 0.3) is 0 Å². The summed E-state index contributed by atoms with van der Waals surface area (Å²) in [6.45, 7) is 0. The Morgan fingerprint density at radius 1 is 0.739 bits per heavy atom. The van der Waals surface area contributed by atoms with E-state index in [2.05, 4.69) is 0 Å². The van der Waals surface area contributed by atoms with Gasteiger partial charge in [-0.25, -0.2) is 0 Å². The summed E-state index contributed by atoms with van der Waals surface area (Å²) in [5.41, 5.74) is 0. The Morgan fingerprint density at radius 3 is 1.74 bits per heavy atom. The molecule has 0 bridgehead atoms. The van der Waals surface area contributed by atoms with Crippen molar-refractivity contribution in [3.8, 4) is 5.75 Å². The molecule has 1 rings (SSSR count). The van der Waals surface area contributed by atoms with E-state index in [1.54, 1.807) is 12.1 Å². The minimum atomic E-state index is -0.698. The lowest BCUT2D eigenvalue weighted by Gasteiger charge is -2.04. The number of carbonyl (C=O) groups excluding carboxylic acids is 1. The summed E-state index contributed by atoms with van der Waals surface area (Å²) in [4.78, 5) is 22.0. The van der Waals surface area contributed by atoms with Crippen molar-refractivity contribution >= 4 is 11.9 Å². The lowest BCUT2D eigenvalue weighted by molar-refractivity contribution is -0.137. The summed E-state index contributed by atoms with van der Waals surface area (Å²) in [7, 11) is 0. The first-order chi connectivity index (χ1) is 11.2. The predicted molar refractivity (Wildman–Crippen MR) is 90.5 cm³/mol. The molecule has 0 spiro atoms. The fraction of sp³-hybridized carbons (Fsp3) is 0.579. The molecule has 1 N–H and O–H groups in total. The van der Waals surface area contributed by atoms with E-state index in [1.165, 1.54) is 19.3 Å². The molecule has 0 radical (unpaired) electrons. The average molecular weight is 320 g/mol. The number of esters is 1. The number of aliphatic carboxylic acids is 1. The maximum atomic E-state index is 11.6. The highest BCUT2D eigenvalue weighted by atomic mass is 16.5. The summed E-state index contributed by atoms with van der Waals surface area (Å²) in [5.74, 6) is -0.245. The van der Waals surface area contributed by atoms with E-state index in [-0.39, 0.29) is 5.97 Å². The van der Waals surface area contributed by atoms with Crippen LogP contribution in [0.1, 0.15) is 70.6 Å². The Bertz CT molecular complexity index is 442. The lowest BCUT2D eigenvalue weighted by Crippen LogP contribution is -2.07. The van der Waals surface area contributed by atoms with Gasteiger partial charge in [0.2, 0.25) is 0 Å². The normalized spacial score (nSPS) is 10.4. The van der Waals surface area contributed by atoms with Crippen molar-refractivity contribution in [2.24, 2.45) is 0 Å². The Kier molecular flexibility index (Phi) is 10.6. The molecular weight excluding hydrogens is 292 g/mol. The third-order valence-corrected chi connectivity index (χ3v) is 3.75. The van der Waals surface area contributed by atoms with Crippen LogP contribution in [0.5, 0.6) is 5.75 Å². The van der Waals surface area contributed by atoms with Gasteiger partial charge in [-0.2, -0.15) is 0 Å². The largest absolute Gasteiger partial charge is 0.481 e. The minimum absolute atomic E-state index is 0.158. The Labute approximate surface area is 138 Å². The molecule has 0 amide bonds. The Hall–Kier alpha value is -1.84. The lowest BCUT2D eigenvalue weighted by atomic mass is 10.1. The summed E-state index contributed by atoms with van der Waals surface area (Å²) in [6.07, 6.45) is 10.3. The van der Waals surface area contributed by atoms with Gasteiger partial charge in [-0.05, 0) is 25.0 Å². The van der Waals surface area contributed by atoms with Gasteiger partial charge in [-0.3, -0.25) is 9.59 Å². The van der Waals surface area contributed by atoms with Crippen molar-refractivity contribution in [1.29, 1.82) is 0 Å². The molecule has 0 unspecified atom stereocenters. The second kappa shape index (κ2) is 12.7. The summed E-state index contributed by atoms with van der Waals surface area (Å²) in [5, 5.41) is 8.53. The zero-order chi connectivity index (χ0) is 16.8. The van der Waals surface area contributed by atoms with E-state index in [0.29, 0.717) is 18.6 Å². The summed E-state index contributed by atoms with van der Waals surface area (Å²) >= 11 is 0. The first-order valence-electron chi connectivity index (χ1n) is 8.66. The first-order valence-corrected chi connectivity index (χ1v) is 8.66. The maximum Gasteiger partial charge on any atom is 0.311 e. The standard InChI is InChI=1S/C19H28O4/c20-18(21)15-11-6-4-2-1-3-5-7-12-16-19(22)23-17-13-9-8-10-14-17/h8-10,13-14H,1-7,11-12,15-16H2,(H,20,21). The molecule has 0 heterocycles. The smallest absolute Gasteiger partial charge is 0.311 e. The molecule has 0 saturated carbocycles. The monoisotopic (exact) mass is 320 g/mol. The molecule has 0 aliphatic heterocycles. The number of carboxylic acid groups (broad SMARTS) is 1. The zero-order valence-corrected chi connectivity index (χ0v) is 13.8. The fourth-order valence-electron chi connectivity index (χ4n) is 2.45. The van der Waals surface area contributed by atoms with Gasteiger partial charge < -0.3 is 9.84 Å². The topological polar surface area (TPSA) is 63.6 Å². The van der Waals surface area contributed by atoms with E-state index in [4.69, 9.17) is 9.84 Å².